The van der Waals surface area contributed by atoms with Crippen LogP contribution in [0.3, 0.4) is 0 Å². The lowest BCUT2D eigenvalue weighted by atomic mass is 10.3. The topological polar surface area (TPSA) is 62.5 Å². The van der Waals surface area contributed by atoms with Gasteiger partial charge in [-0.25, -0.2) is 27.1 Å². The zero-order chi connectivity index (χ0) is 19.3. The Hall–Kier alpha value is -2.23. The third kappa shape index (κ3) is 4.69. The summed E-state index contributed by atoms with van der Waals surface area (Å²) in [6.07, 6.45) is -5.30. The zero-order valence-corrected chi connectivity index (χ0v) is 14.6. The Morgan fingerprint density at radius 3 is 2.46 bits per heavy atom. The van der Waals surface area contributed by atoms with Crippen LogP contribution < -0.4 is 5.32 Å². The number of hydrogen-bond donors (Lipinski definition) is 1. The predicted octanol–water partition coefficient (Wildman–Crippen LogP) is 3.07. The van der Waals surface area contributed by atoms with Crippen molar-refractivity contribution in [1.29, 1.82) is 0 Å². The number of halogens is 4. The highest BCUT2D eigenvalue weighted by Crippen LogP contribution is 2.25. The highest BCUT2D eigenvalue weighted by atomic mass is 19.3. The van der Waals surface area contributed by atoms with Gasteiger partial charge in [0.25, 0.3) is 18.8 Å². The first-order valence-electron chi connectivity index (χ1n) is 8.34. The second-order valence-electron chi connectivity index (χ2n) is 5.64. The molecule has 1 amide bonds. The Morgan fingerprint density at radius 1 is 1.19 bits per heavy atom. The van der Waals surface area contributed by atoms with Gasteiger partial charge in [0.05, 0.1) is 0 Å². The van der Waals surface area contributed by atoms with Crippen molar-refractivity contribution < 1.29 is 22.4 Å². The Bertz CT molecular complexity index is 746. The van der Waals surface area contributed by atoms with Crippen molar-refractivity contribution >= 4 is 11.6 Å². The van der Waals surface area contributed by atoms with Crippen LogP contribution in [0.1, 0.15) is 55.0 Å². The smallest absolute Gasteiger partial charge is 0.280 e. The molecular formula is C16H21F4N5O. The number of hydrogen-bond acceptors (Lipinski definition) is 4. The molecule has 0 saturated carbocycles. The number of nitrogens with one attached hydrogen (secondary N) is 1. The molecule has 2 aromatic heterocycles. The van der Waals surface area contributed by atoms with Crippen LogP contribution in [0, 0.1) is 0 Å². The molecule has 0 fully saturated rings. The number of rotatable bonds is 9. The Labute approximate surface area is 148 Å². The van der Waals surface area contributed by atoms with Gasteiger partial charge in [0.2, 0.25) is 0 Å². The summed E-state index contributed by atoms with van der Waals surface area (Å²) in [4.78, 5) is 17.9. The van der Waals surface area contributed by atoms with Gasteiger partial charge in [-0.15, -0.1) is 0 Å². The summed E-state index contributed by atoms with van der Waals surface area (Å²) in [6, 6.07) is 1.72. The zero-order valence-electron chi connectivity index (χ0n) is 14.6. The fraction of sp³-hybridized carbons (Fsp3) is 0.562. The molecule has 0 aliphatic rings. The summed E-state index contributed by atoms with van der Waals surface area (Å²) in [7, 11) is 0. The number of carbonyl (C=O) groups is 1. The van der Waals surface area contributed by atoms with E-state index in [-0.39, 0.29) is 11.3 Å². The molecule has 0 aliphatic carbocycles. The third-order valence-corrected chi connectivity index (χ3v) is 3.99. The van der Waals surface area contributed by atoms with Crippen molar-refractivity contribution in [1.82, 2.24) is 24.8 Å². The van der Waals surface area contributed by atoms with Gasteiger partial charge < -0.3 is 10.2 Å². The quantitative estimate of drug-likeness (QED) is 0.541. The van der Waals surface area contributed by atoms with E-state index in [1.54, 1.807) is 0 Å². The van der Waals surface area contributed by atoms with Crippen molar-refractivity contribution in [2.45, 2.75) is 33.1 Å². The number of aromatic nitrogens is 3. The Balaban J connectivity index is 2.12. The number of carbonyl (C=O) groups excluding carboxylic acids is 1. The molecule has 0 radical (unpaired) electrons. The van der Waals surface area contributed by atoms with Gasteiger partial charge in [-0.2, -0.15) is 5.10 Å². The maximum absolute atomic E-state index is 13.1. The highest BCUT2D eigenvalue weighted by Gasteiger charge is 2.21. The average Bonchev–Trinajstić information content (AvgIpc) is 3.04. The van der Waals surface area contributed by atoms with Gasteiger partial charge in [0.15, 0.2) is 11.3 Å². The first-order chi connectivity index (χ1) is 12.4. The van der Waals surface area contributed by atoms with Crippen LogP contribution in [-0.4, -0.2) is 51.6 Å². The minimum Gasteiger partial charge on any atom is -0.351 e. The molecule has 2 heterocycles. The maximum atomic E-state index is 13.1. The molecule has 144 valence electrons. The summed E-state index contributed by atoms with van der Waals surface area (Å²) in [5.41, 5.74) is -1.87. The Kier molecular flexibility index (Phi) is 6.90. The van der Waals surface area contributed by atoms with Gasteiger partial charge in [-0.1, -0.05) is 13.8 Å². The summed E-state index contributed by atoms with van der Waals surface area (Å²) in [6.45, 7) is 7.10. The normalized spacial score (nSPS) is 11.9. The van der Waals surface area contributed by atoms with Gasteiger partial charge in [-0.3, -0.25) is 4.79 Å². The van der Waals surface area contributed by atoms with E-state index in [2.05, 4.69) is 20.3 Å². The van der Waals surface area contributed by atoms with E-state index in [4.69, 9.17) is 0 Å². The van der Waals surface area contributed by atoms with Crippen LogP contribution in [0.5, 0.6) is 0 Å². The van der Waals surface area contributed by atoms with Crippen molar-refractivity contribution in [3.63, 3.8) is 0 Å². The van der Waals surface area contributed by atoms with E-state index in [1.807, 2.05) is 13.8 Å². The molecule has 0 unspecified atom stereocenters. The number of amides is 1. The summed E-state index contributed by atoms with van der Waals surface area (Å²) in [5.74, 6) is -0.561. The molecule has 0 saturated heterocycles. The maximum Gasteiger partial charge on any atom is 0.280 e. The second-order valence-corrected chi connectivity index (χ2v) is 5.64. The van der Waals surface area contributed by atoms with Crippen LogP contribution in [0.25, 0.3) is 5.65 Å². The molecule has 26 heavy (non-hydrogen) atoms. The number of nitrogens with zero attached hydrogens (tertiary/aromatic N) is 4. The fourth-order valence-electron chi connectivity index (χ4n) is 2.53. The van der Waals surface area contributed by atoms with Crippen molar-refractivity contribution in [2.75, 3.05) is 26.2 Å². The van der Waals surface area contributed by atoms with Crippen LogP contribution in [0.2, 0.25) is 0 Å². The van der Waals surface area contributed by atoms with E-state index in [0.717, 1.165) is 36.6 Å². The molecule has 1 N–H and O–H groups in total. The molecule has 0 atom stereocenters. The average molecular weight is 375 g/mol. The first kappa shape index (κ1) is 20.1. The van der Waals surface area contributed by atoms with Gasteiger partial charge in [0.1, 0.15) is 11.4 Å². The molecule has 2 rings (SSSR count). The largest absolute Gasteiger partial charge is 0.351 e. The summed E-state index contributed by atoms with van der Waals surface area (Å²) >= 11 is 0. The molecular weight excluding hydrogens is 354 g/mol. The van der Waals surface area contributed by atoms with E-state index < -0.39 is 30.1 Å². The van der Waals surface area contributed by atoms with E-state index >= 15 is 0 Å². The van der Waals surface area contributed by atoms with Gasteiger partial charge in [0, 0.05) is 12.6 Å². The molecule has 0 spiro atoms. The molecule has 0 aromatic carbocycles. The fourth-order valence-corrected chi connectivity index (χ4v) is 2.53. The van der Waals surface area contributed by atoms with E-state index in [9.17, 15) is 22.4 Å². The monoisotopic (exact) mass is 375 g/mol. The lowest BCUT2D eigenvalue weighted by Gasteiger charge is -2.17. The lowest BCUT2D eigenvalue weighted by Crippen LogP contribution is -2.30. The van der Waals surface area contributed by atoms with Crippen molar-refractivity contribution in [3.05, 3.63) is 29.2 Å². The van der Waals surface area contributed by atoms with E-state index in [1.165, 1.54) is 0 Å². The van der Waals surface area contributed by atoms with Crippen LogP contribution >= 0.6 is 0 Å². The lowest BCUT2D eigenvalue weighted by molar-refractivity contribution is 0.0945. The second kappa shape index (κ2) is 8.93. The van der Waals surface area contributed by atoms with Gasteiger partial charge >= 0.3 is 0 Å². The summed E-state index contributed by atoms with van der Waals surface area (Å²) < 4.78 is 52.6. The molecule has 0 aliphatic heterocycles. The standard InChI is InChI=1S/C16H21F4N5O/c1-3-24(4-2)7-5-6-21-16(26)11-9-13-22-10(14(17)18)8-12(15(19)20)25(13)23-11/h8-9,14-15H,3-7H2,1-2H3,(H,21,26). The SMILES string of the molecule is CCN(CC)CCCNC(=O)c1cc2nc(C(F)F)cc(C(F)F)n2n1. The molecule has 10 heteroatoms. The molecule has 0 bridgehead atoms. The highest BCUT2D eigenvalue weighted by molar-refractivity contribution is 5.93. The van der Waals surface area contributed by atoms with Crippen molar-refractivity contribution in [3.8, 4) is 0 Å². The van der Waals surface area contributed by atoms with Crippen molar-refractivity contribution in [2.24, 2.45) is 0 Å². The van der Waals surface area contributed by atoms with Gasteiger partial charge in [-0.05, 0) is 32.1 Å². The van der Waals surface area contributed by atoms with E-state index in [0.29, 0.717) is 12.6 Å². The molecule has 2 aromatic rings. The number of alkyl halides is 4. The first-order valence-corrected chi connectivity index (χ1v) is 8.34. The van der Waals surface area contributed by atoms with Crippen LogP contribution in [-0.2, 0) is 0 Å². The summed E-state index contributed by atoms with van der Waals surface area (Å²) in [5, 5.41) is 6.43. The number of fused-ring (bicyclic) bond motifs is 1. The predicted molar refractivity (Wildman–Crippen MR) is 87.6 cm³/mol. The van der Waals surface area contributed by atoms with Crippen LogP contribution in [0.15, 0.2) is 12.1 Å². The minimum atomic E-state index is -3.03. The Morgan fingerprint density at radius 2 is 1.88 bits per heavy atom. The minimum absolute atomic E-state index is 0.145. The third-order valence-electron chi connectivity index (χ3n) is 3.99. The molecule has 6 nitrogen and oxygen atoms in total. The van der Waals surface area contributed by atoms with Crippen LogP contribution in [0.4, 0.5) is 17.6 Å².